The molecule has 14 heavy (non-hydrogen) atoms. The van der Waals surface area contributed by atoms with Gasteiger partial charge in [0.05, 0.1) is 12.7 Å². The first kappa shape index (κ1) is 9.49. The average molecular weight is 194 g/mol. The van der Waals surface area contributed by atoms with Crippen LogP contribution in [0.5, 0.6) is 5.75 Å². The lowest BCUT2D eigenvalue weighted by atomic mass is 10.2. The maximum absolute atomic E-state index is 5.56. The second-order valence-electron chi connectivity index (χ2n) is 3.23. The van der Waals surface area contributed by atoms with Crippen LogP contribution in [-0.4, -0.2) is 26.1 Å². The van der Waals surface area contributed by atoms with Crippen molar-refractivity contribution in [1.29, 1.82) is 0 Å². The Morgan fingerprint density at radius 2 is 2.14 bits per heavy atom. The fraction of sp³-hybridized carbons (Fsp3) is 0.455. The van der Waals surface area contributed by atoms with E-state index in [1.54, 1.807) is 0 Å². The number of ether oxygens (including phenoxy) is 3. The molecule has 1 unspecified atom stereocenters. The normalized spacial score (nSPS) is 21.9. The fourth-order valence-electron chi connectivity index (χ4n) is 1.34. The van der Waals surface area contributed by atoms with Crippen molar-refractivity contribution in [3.05, 3.63) is 30.3 Å². The SMILES string of the molecule is c1ccc(OCC2CCOCO2)cc1. The molecular formula is C11H14O3. The van der Waals surface area contributed by atoms with E-state index in [0.717, 1.165) is 18.8 Å². The zero-order chi connectivity index (χ0) is 9.64. The van der Waals surface area contributed by atoms with E-state index >= 15 is 0 Å². The summed E-state index contributed by atoms with van der Waals surface area (Å²) in [5.41, 5.74) is 0. The maximum Gasteiger partial charge on any atom is 0.147 e. The lowest BCUT2D eigenvalue weighted by molar-refractivity contribution is -0.147. The molecule has 1 aromatic carbocycles. The molecule has 76 valence electrons. The fourth-order valence-corrected chi connectivity index (χ4v) is 1.34. The smallest absolute Gasteiger partial charge is 0.147 e. The Labute approximate surface area is 83.6 Å². The standard InChI is InChI=1S/C11H14O3/c1-2-4-10(5-3-1)13-8-11-6-7-12-9-14-11/h1-5,11H,6-9H2. The van der Waals surface area contributed by atoms with Crippen molar-refractivity contribution >= 4 is 0 Å². The summed E-state index contributed by atoms with van der Waals surface area (Å²) in [6, 6.07) is 9.77. The third kappa shape index (κ3) is 2.72. The Morgan fingerprint density at radius 1 is 1.29 bits per heavy atom. The van der Waals surface area contributed by atoms with Crippen LogP contribution in [0.4, 0.5) is 0 Å². The summed E-state index contributed by atoms with van der Waals surface area (Å²) in [6.45, 7) is 1.76. The Bertz CT molecular complexity index is 254. The van der Waals surface area contributed by atoms with Crippen LogP contribution in [0.25, 0.3) is 0 Å². The molecule has 1 fully saturated rings. The molecule has 1 atom stereocenters. The predicted octanol–water partition coefficient (Wildman–Crippen LogP) is 1.83. The van der Waals surface area contributed by atoms with Gasteiger partial charge in [-0.2, -0.15) is 0 Å². The highest BCUT2D eigenvalue weighted by Gasteiger charge is 2.14. The van der Waals surface area contributed by atoms with Gasteiger partial charge in [0.25, 0.3) is 0 Å². The van der Waals surface area contributed by atoms with Gasteiger partial charge in [-0.15, -0.1) is 0 Å². The van der Waals surface area contributed by atoms with Crippen LogP contribution < -0.4 is 4.74 Å². The second kappa shape index (κ2) is 4.98. The maximum atomic E-state index is 5.56. The molecule has 1 aliphatic rings. The van der Waals surface area contributed by atoms with Crippen molar-refractivity contribution < 1.29 is 14.2 Å². The first-order valence-electron chi connectivity index (χ1n) is 4.82. The van der Waals surface area contributed by atoms with Gasteiger partial charge in [0, 0.05) is 6.42 Å². The van der Waals surface area contributed by atoms with Crippen molar-refractivity contribution in [2.45, 2.75) is 12.5 Å². The zero-order valence-corrected chi connectivity index (χ0v) is 8.02. The highest BCUT2D eigenvalue weighted by Crippen LogP contribution is 2.11. The Morgan fingerprint density at radius 3 is 2.86 bits per heavy atom. The summed E-state index contributed by atoms with van der Waals surface area (Å²) >= 11 is 0. The molecule has 3 heteroatoms. The van der Waals surface area contributed by atoms with Crippen LogP contribution in [0.3, 0.4) is 0 Å². The molecule has 0 amide bonds. The van der Waals surface area contributed by atoms with E-state index in [4.69, 9.17) is 14.2 Å². The number of hydrogen-bond donors (Lipinski definition) is 0. The van der Waals surface area contributed by atoms with Gasteiger partial charge in [-0.05, 0) is 12.1 Å². The molecular weight excluding hydrogens is 180 g/mol. The molecule has 0 spiro atoms. The average Bonchev–Trinajstić information content (AvgIpc) is 2.29. The summed E-state index contributed by atoms with van der Waals surface area (Å²) in [5, 5.41) is 0. The van der Waals surface area contributed by atoms with Gasteiger partial charge in [-0.1, -0.05) is 18.2 Å². The molecule has 1 saturated heterocycles. The first-order chi connectivity index (χ1) is 6.95. The number of hydrogen-bond acceptors (Lipinski definition) is 3. The van der Waals surface area contributed by atoms with Gasteiger partial charge in [0.1, 0.15) is 19.1 Å². The van der Waals surface area contributed by atoms with Crippen LogP contribution in [0, 0.1) is 0 Å². The molecule has 1 aromatic rings. The lowest BCUT2D eigenvalue weighted by Gasteiger charge is -2.22. The van der Waals surface area contributed by atoms with Crippen LogP contribution in [0.1, 0.15) is 6.42 Å². The third-order valence-corrected chi connectivity index (χ3v) is 2.15. The summed E-state index contributed by atoms with van der Waals surface area (Å²) in [7, 11) is 0. The minimum absolute atomic E-state index is 0.170. The molecule has 0 aliphatic carbocycles. The highest BCUT2D eigenvalue weighted by molar-refractivity contribution is 5.20. The Kier molecular flexibility index (Phi) is 3.38. The summed E-state index contributed by atoms with van der Waals surface area (Å²) in [6.07, 6.45) is 1.08. The van der Waals surface area contributed by atoms with Gasteiger partial charge < -0.3 is 14.2 Å². The molecule has 1 aliphatic heterocycles. The minimum atomic E-state index is 0.170. The number of benzene rings is 1. The van der Waals surface area contributed by atoms with Crippen molar-refractivity contribution in [3.8, 4) is 5.75 Å². The molecule has 1 heterocycles. The number of para-hydroxylation sites is 1. The monoisotopic (exact) mass is 194 g/mol. The molecule has 3 nitrogen and oxygen atoms in total. The van der Waals surface area contributed by atoms with Crippen LogP contribution in [0.15, 0.2) is 30.3 Å². The van der Waals surface area contributed by atoms with Gasteiger partial charge in [-0.3, -0.25) is 0 Å². The summed E-state index contributed by atoms with van der Waals surface area (Å²) in [4.78, 5) is 0. The summed E-state index contributed by atoms with van der Waals surface area (Å²) < 4.78 is 16.0. The first-order valence-corrected chi connectivity index (χ1v) is 4.82. The topological polar surface area (TPSA) is 27.7 Å². The molecule has 2 rings (SSSR count). The third-order valence-electron chi connectivity index (χ3n) is 2.15. The molecule has 0 N–H and O–H groups in total. The van der Waals surface area contributed by atoms with E-state index in [9.17, 15) is 0 Å². The van der Waals surface area contributed by atoms with Crippen LogP contribution >= 0.6 is 0 Å². The van der Waals surface area contributed by atoms with Crippen LogP contribution in [-0.2, 0) is 9.47 Å². The Balaban J connectivity index is 1.76. The van der Waals surface area contributed by atoms with Gasteiger partial charge >= 0.3 is 0 Å². The van der Waals surface area contributed by atoms with Crippen molar-refractivity contribution in [2.24, 2.45) is 0 Å². The Hall–Kier alpha value is -1.06. The molecule has 0 radical (unpaired) electrons. The van der Waals surface area contributed by atoms with E-state index in [1.807, 2.05) is 30.3 Å². The number of rotatable bonds is 3. The van der Waals surface area contributed by atoms with E-state index in [0.29, 0.717) is 13.4 Å². The van der Waals surface area contributed by atoms with E-state index in [-0.39, 0.29) is 6.10 Å². The van der Waals surface area contributed by atoms with Crippen molar-refractivity contribution in [1.82, 2.24) is 0 Å². The predicted molar refractivity (Wildman–Crippen MR) is 52.2 cm³/mol. The molecule has 0 bridgehead atoms. The van der Waals surface area contributed by atoms with Gasteiger partial charge in [0.2, 0.25) is 0 Å². The minimum Gasteiger partial charge on any atom is -0.491 e. The van der Waals surface area contributed by atoms with E-state index in [2.05, 4.69) is 0 Å². The van der Waals surface area contributed by atoms with Crippen molar-refractivity contribution in [3.63, 3.8) is 0 Å². The lowest BCUT2D eigenvalue weighted by Crippen LogP contribution is -2.29. The van der Waals surface area contributed by atoms with E-state index < -0.39 is 0 Å². The zero-order valence-electron chi connectivity index (χ0n) is 8.02. The largest absolute Gasteiger partial charge is 0.491 e. The molecule has 0 aromatic heterocycles. The molecule has 0 saturated carbocycles. The summed E-state index contributed by atoms with van der Waals surface area (Å²) in [5.74, 6) is 0.891. The highest BCUT2D eigenvalue weighted by atomic mass is 16.7. The van der Waals surface area contributed by atoms with Crippen molar-refractivity contribution in [2.75, 3.05) is 20.0 Å². The van der Waals surface area contributed by atoms with Gasteiger partial charge in [0.15, 0.2) is 0 Å². The van der Waals surface area contributed by atoms with E-state index in [1.165, 1.54) is 0 Å². The second-order valence-corrected chi connectivity index (χ2v) is 3.23. The van der Waals surface area contributed by atoms with Gasteiger partial charge in [-0.25, -0.2) is 0 Å². The van der Waals surface area contributed by atoms with Crippen LogP contribution in [0.2, 0.25) is 0 Å². The quantitative estimate of drug-likeness (QED) is 0.734.